The molecule has 1 saturated carbocycles. The summed E-state index contributed by atoms with van der Waals surface area (Å²) >= 11 is 7.64. The van der Waals surface area contributed by atoms with Crippen molar-refractivity contribution in [2.75, 3.05) is 6.54 Å². The van der Waals surface area contributed by atoms with Gasteiger partial charge >= 0.3 is 0 Å². The van der Waals surface area contributed by atoms with Crippen LogP contribution in [0.3, 0.4) is 0 Å². The first-order valence-corrected chi connectivity index (χ1v) is 8.05. The normalized spacial score (nSPS) is 16.5. The van der Waals surface area contributed by atoms with Gasteiger partial charge in [0.1, 0.15) is 0 Å². The molecule has 1 aromatic heterocycles. The molecule has 1 atom stereocenters. The number of benzene rings is 1. The molecule has 3 rings (SSSR count). The van der Waals surface area contributed by atoms with E-state index in [4.69, 9.17) is 11.6 Å². The fourth-order valence-corrected chi connectivity index (χ4v) is 3.57. The van der Waals surface area contributed by atoms with Crippen LogP contribution in [0.25, 0.3) is 0 Å². The van der Waals surface area contributed by atoms with Crippen molar-refractivity contribution in [3.05, 3.63) is 57.2 Å². The van der Waals surface area contributed by atoms with Crippen molar-refractivity contribution in [2.24, 2.45) is 5.92 Å². The van der Waals surface area contributed by atoms with Gasteiger partial charge in [-0.1, -0.05) is 41.9 Å². The summed E-state index contributed by atoms with van der Waals surface area (Å²) in [5.74, 6) is 0.828. The molecule has 0 radical (unpaired) electrons. The van der Waals surface area contributed by atoms with E-state index in [9.17, 15) is 0 Å². The predicted molar refractivity (Wildman–Crippen MR) is 82.9 cm³/mol. The monoisotopic (exact) mass is 291 g/mol. The largest absolute Gasteiger partial charge is 0.309 e. The lowest BCUT2D eigenvalue weighted by atomic mass is 10.0. The quantitative estimate of drug-likeness (QED) is 0.814. The van der Waals surface area contributed by atoms with Crippen LogP contribution in [0, 0.1) is 5.92 Å². The second kappa shape index (κ2) is 6.08. The van der Waals surface area contributed by atoms with E-state index in [0.717, 1.165) is 23.2 Å². The molecule has 0 spiro atoms. The van der Waals surface area contributed by atoms with E-state index in [-0.39, 0.29) is 0 Å². The third-order valence-corrected chi connectivity index (χ3v) is 4.91. The minimum absolute atomic E-state index is 0.525. The fourth-order valence-electron chi connectivity index (χ4n) is 2.48. The van der Waals surface area contributed by atoms with Crippen LogP contribution in [0.4, 0.5) is 0 Å². The molecule has 2 aromatic rings. The van der Waals surface area contributed by atoms with Crippen molar-refractivity contribution >= 4 is 22.9 Å². The highest BCUT2D eigenvalue weighted by atomic mass is 35.5. The molecule has 1 fully saturated rings. The van der Waals surface area contributed by atoms with E-state index in [1.165, 1.54) is 23.3 Å². The number of halogens is 1. The van der Waals surface area contributed by atoms with Crippen molar-refractivity contribution in [3.8, 4) is 0 Å². The Bertz CT molecular complexity index is 519. The Kier molecular flexibility index (Phi) is 4.21. The molecule has 1 aliphatic carbocycles. The second-order valence-electron chi connectivity index (χ2n) is 5.14. The molecular weight excluding hydrogens is 274 g/mol. The molecule has 1 unspecified atom stereocenters. The fraction of sp³-hybridized carbons (Fsp3) is 0.375. The molecule has 3 heteroatoms. The van der Waals surface area contributed by atoms with E-state index in [2.05, 4.69) is 41.7 Å². The zero-order chi connectivity index (χ0) is 13.1. The Labute approximate surface area is 123 Å². The van der Waals surface area contributed by atoms with Crippen LogP contribution in [0.1, 0.15) is 29.3 Å². The molecule has 0 bridgehead atoms. The minimum atomic E-state index is 0.525. The predicted octanol–water partition coefficient (Wildman–Crippen LogP) is 4.68. The highest BCUT2D eigenvalue weighted by Crippen LogP contribution is 2.40. The van der Waals surface area contributed by atoms with Gasteiger partial charge in [0.15, 0.2) is 0 Å². The van der Waals surface area contributed by atoms with Crippen LogP contribution < -0.4 is 5.32 Å². The highest BCUT2D eigenvalue weighted by molar-refractivity contribution is 7.16. The molecule has 19 heavy (non-hydrogen) atoms. The zero-order valence-corrected chi connectivity index (χ0v) is 12.4. The van der Waals surface area contributed by atoms with Crippen molar-refractivity contribution in [1.82, 2.24) is 5.32 Å². The lowest BCUT2D eigenvalue weighted by Crippen LogP contribution is -2.25. The summed E-state index contributed by atoms with van der Waals surface area (Å²) in [7, 11) is 0. The Hall–Kier alpha value is -0.830. The lowest BCUT2D eigenvalue weighted by molar-refractivity contribution is 0.485. The molecular formula is C16H18ClNS. The summed E-state index contributed by atoms with van der Waals surface area (Å²) in [5.41, 5.74) is 1.43. The molecule has 1 aliphatic rings. The standard InChI is InChI=1S/C16H18ClNS/c17-15-9-8-14(19-15)10-11-18-16(13-6-7-13)12-4-2-1-3-5-12/h1-5,8-9,13,16,18H,6-7,10-11H2. The van der Waals surface area contributed by atoms with Gasteiger partial charge in [-0.3, -0.25) is 0 Å². The van der Waals surface area contributed by atoms with Gasteiger partial charge in [0.05, 0.1) is 4.34 Å². The number of thiophene rings is 1. The van der Waals surface area contributed by atoms with Gasteiger partial charge in [-0.15, -0.1) is 11.3 Å². The Morgan fingerprint density at radius 2 is 1.95 bits per heavy atom. The summed E-state index contributed by atoms with van der Waals surface area (Å²) in [6, 6.07) is 15.4. The topological polar surface area (TPSA) is 12.0 Å². The Morgan fingerprint density at radius 3 is 2.58 bits per heavy atom. The molecule has 0 aliphatic heterocycles. The van der Waals surface area contributed by atoms with Crippen LogP contribution >= 0.6 is 22.9 Å². The maximum Gasteiger partial charge on any atom is 0.0931 e. The summed E-state index contributed by atoms with van der Waals surface area (Å²) in [6.45, 7) is 1.02. The van der Waals surface area contributed by atoms with Gasteiger partial charge in [0.2, 0.25) is 0 Å². The van der Waals surface area contributed by atoms with Gasteiger partial charge in [0, 0.05) is 17.5 Å². The maximum atomic E-state index is 5.96. The SMILES string of the molecule is Clc1ccc(CCNC(c2ccccc2)C2CC2)s1. The van der Waals surface area contributed by atoms with Crippen molar-refractivity contribution < 1.29 is 0 Å². The number of hydrogen-bond donors (Lipinski definition) is 1. The smallest absolute Gasteiger partial charge is 0.0931 e. The Morgan fingerprint density at radius 1 is 1.16 bits per heavy atom. The van der Waals surface area contributed by atoms with Crippen LogP contribution in [0.2, 0.25) is 4.34 Å². The first-order chi connectivity index (χ1) is 9.33. The molecule has 1 N–H and O–H groups in total. The van der Waals surface area contributed by atoms with E-state index >= 15 is 0 Å². The van der Waals surface area contributed by atoms with Gasteiger partial charge in [-0.25, -0.2) is 0 Å². The first kappa shape index (κ1) is 13.2. The van der Waals surface area contributed by atoms with Crippen LogP contribution in [0.15, 0.2) is 42.5 Å². The third kappa shape index (κ3) is 3.59. The zero-order valence-electron chi connectivity index (χ0n) is 10.8. The van der Waals surface area contributed by atoms with E-state index < -0.39 is 0 Å². The van der Waals surface area contributed by atoms with E-state index in [0.29, 0.717) is 6.04 Å². The minimum Gasteiger partial charge on any atom is -0.309 e. The van der Waals surface area contributed by atoms with Crippen molar-refractivity contribution in [3.63, 3.8) is 0 Å². The van der Waals surface area contributed by atoms with Gasteiger partial charge < -0.3 is 5.32 Å². The molecule has 100 valence electrons. The lowest BCUT2D eigenvalue weighted by Gasteiger charge is -2.18. The van der Waals surface area contributed by atoms with Crippen molar-refractivity contribution in [1.29, 1.82) is 0 Å². The molecule has 1 heterocycles. The first-order valence-electron chi connectivity index (χ1n) is 6.85. The summed E-state index contributed by atoms with van der Waals surface area (Å²) in [6.07, 6.45) is 3.78. The number of rotatable bonds is 6. The van der Waals surface area contributed by atoms with Gasteiger partial charge in [-0.2, -0.15) is 0 Å². The molecule has 0 saturated heterocycles. The molecule has 0 amide bonds. The molecule has 1 nitrogen and oxygen atoms in total. The van der Waals surface area contributed by atoms with Crippen LogP contribution in [-0.4, -0.2) is 6.54 Å². The summed E-state index contributed by atoms with van der Waals surface area (Å²) < 4.78 is 0.886. The molecule has 1 aromatic carbocycles. The van der Waals surface area contributed by atoms with Crippen molar-refractivity contribution in [2.45, 2.75) is 25.3 Å². The average molecular weight is 292 g/mol. The number of hydrogen-bond acceptors (Lipinski definition) is 2. The third-order valence-electron chi connectivity index (χ3n) is 3.62. The second-order valence-corrected chi connectivity index (χ2v) is 6.94. The highest BCUT2D eigenvalue weighted by Gasteiger charge is 2.31. The Balaban J connectivity index is 1.57. The van der Waals surface area contributed by atoms with Crippen LogP contribution in [0.5, 0.6) is 0 Å². The van der Waals surface area contributed by atoms with E-state index in [1.807, 2.05) is 6.07 Å². The summed E-state index contributed by atoms with van der Waals surface area (Å²) in [5, 5.41) is 3.72. The van der Waals surface area contributed by atoms with Crippen LogP contribution in [-0.2, 0) is 6.42 Å². The average Bonchev–Trinajstić information content (AvgIpc) is 3.19. The number of nitrogens with one attached hydrogen (secondary N) is 1. The van der Waals surface area contributed by atoms with E-state index in [1.54, 1.807) is 11.3 Å². The van der Waals surface area contributed by atoms with Gasteiger partial charge in [0.25, 0.3) is 0 Å². The maximum absolute atomic E-state index is 5.96. The summed E-state index contributed by atoms with van der Waals surface area (Å²) in [4.78, 5) is 1.36. The van der Waals surface area contributed by atoms with Gasteiger partial charge in [-0.05, 0) is 42.9 Å².